The summed E-state index contributed by atoms with van der Waals surface area (Å²) in [6.07, 6.45) is 1.59. The number of carbonyl (C=O) groups is 2. The maximum atomic E-state index is 11.6. The van der Waals surface area contributed by atoms with Crippen LogP contribution in [0, 0.1) is 11.3 Å². The van der Waals surface area contributed by atoms with Crippen LogP contribution in [0.15, 0.2) is 41.3 Å². The predicted molar refractivity (Wildman–Crippen MR) is 98.3 cm³/mol. The lowest BCUT2D eigenvalue weighted by Crippen LogP contribution is -2.17. The highest BCUT2D eigenvalue weighted by Gasteiger charge is 2.25. The van der Waals surface area contributed by atoms with Crippen LogP contribution in [0.2, 0.25) is 5.02 Å². The number of hydrogen-bond donors (Lipinski definition) is 1. The van der Waals surface area contributed by atoms with Crippen molar-refractivity contribution in [3.05, 3.63) is 57.5 Å². The Kier molecular flexibility index (Phi) is 5.16. The van der Waals surface area contributed by atoms with E-state index < -0.39 is 11.1 Å². The first kappa shape index (κ1) is 17.9. The quantitative estimate of drug-likeness (QED) is 0.786. The average Bonchev–Trinajstić information content (AvgIpc) is 2.94. The van der Waals surface area contributed by atoms with Crippen molar-refractivity contribution >= 4 is 40.6 Å². The van der Waals surface area contributed by atoms with Crippen molar-refractivity contribution in [2.75, 3.05) is 7.11 Å². The third-order valence-electron chi connectivity index (χ3n) is 3.41. The molecule has 0 radical (unpaired) electrons. The lowest BCUT2D eigenvalue weighted by atomic mass is 10.2. The Labute approximate surface area is 158 Å². The fourth-order valence-electron chi connectivity index (χ4n) is 2.20. The maximum Gasteiger partial charge on any atom is 0.290 e. The minimum Gasteiger partial charge on any atom is -0.493 e. The Bertz CT molecular complexity index is 982. The number of halogens is 1. The van der Waals surface area contributed by atoms with Gasteiger partial charge in [0.2, 0.25) is 0 Å². The Morgan fingerprint density at radius 3 is 2.54 bits per heavy atom. The minimum absolute atomic E-state index is 0.301. The number of rotatable bonds is 4. The smallest absolute Gasteiger partial charge is 0.290 e. The first-order valence-corrected chi connectivity index (χ1v) is 8.50. The summed E-state index contributed by atoms with van der Waals surface area (Å²) in [6, 6.07) is 11.8. The standard InChI is InChI=1S/C18H11ClN2O4S/c1-24-15-7-10(8-16-17(22)21-18(23)26-16)2-5-14(15)25-13-4-3-11(9-20)6-12(13)19/h2-8H,1H3,(H,21,22,23)/b16-8+. The van der Waals surface area contributed by atoms with Crippen LogP contribution >= 0.6 is 23.4 Å². The number of imide groups is 1. The average molecular weight is 387 g/mol. The third kappa shape index (κ3) is 3.82. The molecular formula is C18H11ClN2O4S. The highest BCUT2D eigenvalue weighted by atomic mass is 35.5. The van der Waals surface area contributed by atoms with Crippen LogP contribution in [0.3, 0.4) is 0 Å². The zero-order chi connectivity index (χ0) is 18.7. The second-order valence-corrected chi connectivity index (χ2v) is 6.54. The summed E-state index contributed by atoms with van der Waals surface area (Å²) in [6.45, 7) is 0. The van der Waals surface area contributed by atoms with Crippen LogP contribution in [0.25, 0.3) is 6.08 Å². The van der Waals surface area contributed by atoms with Crippen molar-refractivity contribution in [2.24, 2.45) is 0 Å². The molecule has 1 heterocycles. The molecule has 8 heteroatoms. The van der Waals surface area contributed by atoms with Gasteiger partial charge in [0.15, 0.2) is 11.5 Å². The largest absolute Gasteiger partial charge is 0.493 e. The van der Waals surface area contributed by atoms with Gasteiger partial charge in [-0.25, -0.2) is 0 Å². The summed E-state index contributed by atoms with van der Waals surface area (Å²) >= 11 is 6.96. The summed E-state index contributed by atoms with van der Waals surface area (Å²) in [4.78, 5) is 23.2. The molecule has 3 rings (SSSR count). The van der Waals surface area contributed by atoms with Crippen molar-refractivity contribution in [1.29, 1.82) is 5.26 Å². The number of nitriles is 1. The maximum absolute atomic E-state index is 11.6. The normalized spacial score (nSPS) is 14.9. The highest BCUT2D eigenvalue weighted by molar-refractivity contribution is 8.18. The van der Waals surface area contributed by atoms with Gasteiger partial charge in [-0.2, -0.15) is 5.26 Å². The Balaban J connectivity index is 1.88. The molecule has 0 atom stereocenters. The SMILES string of the molecule is COc1cc(/C=C2/SC(=O)NC2=O)ccc1Oc1ccc(C#N)cc1Cl. The van der Waals surface area contributed by atoms with Crippen LogP contribution in [-0.2, 0) is 4.79 Å². The number of thioether (sulfide) groups is 1. The van der Waals surface area contributed by atoms with E-state index in [4.69, 9.17) is 26.3 Å². The van der Waals surface area contributed by atoms with Crippen LogP contribution in [0.1, 0.15) is 11.1 Å². The molecule has 1 aliphatic rings. The first-order chi connectivity index (χ1) is 12.5. The summed E-state index contributed by atoms with van der Waals surface area (Å²) in [5.74, 6) is 0.797. The molecule has 0 saturated carbocycles. The number of nitrogens with zero attached hydrogens (tertiary/aromatic N) is 1. The van der Waals surface area contributed by atoms with Gasteiger partial charge in [-0.05, 0) is 53.7 Å². The number of benzene rings is 2. The minimum atomic E-state index is -0.427. The van der Waals surface area contributed by atoms with Crippen molar-refractivity contribution < 1.29 is 19.1 Å². The van der Waals surface area contributed by atoms with E-state index in [2.05, 4.69) is 5.32 Å². The van der Waals surface area contributed by atoms with Crippen LogP contribution < -0.4 is 14.8 Å². The lowest BCUT2D eigenvalue weighted by Gasteiger charge is -2.12. The van der Waals surface area contributed by atoms with Crippen molar-refractivity contribution in [2.45, 2.75) is 0 Å². The lowest BCUT2D eigenvalue weighted by molar-refractivity contribution is -0.115. The fourth-order valence-corrected chi connectivity index (χ4v) is 3.10. The number of methoxy groups -OCH3 is 1. The highest BCUT2D eigenvalue weighted by Crippen LogP contribution is 2.37. The first-order valence-electron chi connectivity index (χ1n) is 7.30. The number of nitrogens with one attached hydrogen (secondary N) is 1. The molecule has 0 aromatic heterocycles. The van der Waals surface area contributed by atoms with Gasteiger partial charge < -0.3 is 9.47 Å². The van der Waals surface area contributed by atoms with E-state index in [0.717, 1.165) is 11.8 Å². The van der Waals surface area contributed by atoms with Gasteiger partial charge in [-0.15, -0.1) is 0 Å². The number of ether oxygens (including phenoxy) is 2. The van der Waals surface area contributed by atoms with Crippen LogP contribution in [0.5, 0.6) is 17.2 Å². The Morgan fingerprint density at radius 1 is 1.15 bits per heavy atom. The van der Waals surface area contributed by atoms with Gasteiger partial charge in [-0.1, -0.05) is 17.7 Å². The van der Waals surface area contributed by atoms with Crippen LogP contribution in [0.4, 0.5) is 4.79 Å². The molecule has 26 heavy (non-hydrogen) atoms. The van der Waals surface area contributed by atoms with Gasteiger partial charge in [0.1, 0.15) is 5.75 Å². The van der Waals surface area contributed by atoms with E-state index >= 15 is 0 Å². The molecule has 2 aromatic rings. The monoisotopic (exact) mass is 386 g/mol. The number of carbonyl (C=O) groups excluding carboxylic acids is 2. The molecule has 0 aliphatic carbocycles. The van der Waals surface area contributed by atoms with Gasteiger partial charge in [-0.3, -0.25) is 14.9 Å². The van der Waals surface area contributed by atoms with E-state index in [1.54, 1.807) is 36.4 Å². The number of hydrogen-bond acceptors (Lipinski definition) is 6. The second kappa shape index (κ2) is 7.52. The molecule has 1 aliphatic heterocycles. The molecule has 2 aromatic carbocycles. The molecule has 1 fully saturated rings. The number of amides is 2. The molecule has 0 spiro atoms. The van der Waals surface area contributed by atoms with E-state index in [9.17, 15) is 9.59 Å². The van der Waals surface area contributed by atoms with E-state index in [1.165, 1.54) is 13.2 Å². The zero-order valence-electron chi connectivity index (χ0n) is 13.4. The zero-order valence-corrected chi connectivity index (χ0v) is 15.0. The molecular weight excluding hydrogens is 376 g/mol. The van der Waals surface area contributed by atoms with Gasteiger partial charge in [0.05, 0.1) is 28.7 Å². The third-order valence-corrected chi connectivity index (χ3v) is 4.51. The predicted octanol–water partition coefficient (Wildman–Crippen LogP) is 4.34. The van der Waals surface area contributed by atoms with Crippen molar-refractivity contribution in [3.8, 4) is 23.3 Å². The molecule has 130 valence electrons. The molecule has 0 bridgehead atoms. The van der Waals surface area contributed by atoms with E-state index in [-0.39, 0.29) is 0 Å². The Morgan fingerprint density at radius 2 is 1.92 bits per heavy atom. The summed E-state index contributed by atoms with van der Waals surface area (Å²) < 4.78 is 11.1. The van der Waals surface area contributed by atoms with E-state index in [1.807, 2.05) is 6.07 Å². The second-order valence-electron chi connectivity index (χ2n) is 5.12. The fraction of sp³-hybridized carbons (Fsp3) is 0.0556. The van der Waals surface area contributed by atoms with Crippen molar-refractivity contribution in [3.63, 3.8) is 0 Å². The van der Waals surface area contributed by atoms with Gasteiger partial charge in [0, 0.05) is 0 Å². The molecule has 0 unspecified atom stereocenters. The van der Waals surface area contributed by atoms with Gasteiger partial charge >= 0.3 is 0 Å². The Hall–Kier alpha value is -2.95. The molecule has 1 N–H and O–H groups in total. The van der Waals surface area contributed by atoms with Gasteiger partial charge in [0.25, 0.3) is 11.1 Å². The summed E-state index contributed by atoms with van der Waals surface area (Å²) in [5, 5.41) is 11.0. The van der Waals surface area contributed by atoms with Crippen molar-refractivity contribution in [1.82, 2.24) is 5.32 Å². The van der Waals surface area contributed by atoms with Crippen LogP contribution in [-0.4, -0.2) is 18.3 Å². The summed E-state index contributed by atoms with van der Waals surface area (Å²) in [7, 11) is 1.49. The summed E-state index contributed by atoms with van der Waals surface area (Å²) in [5.41, 5.74) is 1.10. The topological polar surface area (TPSA) is 88.4 Å². The molecule has 2 amide bonds. The molecule has 1 saturated heterocycles. The molecule has 6 nitrogen and oxygen atoms in total. The van der Waals surface area contributed by atoms with E-state index in [0.29, 0.717) is 38.3 Å².